The highest BCUT2D eigenvalue weighted by Gasteiger charge is 2.20. The van der Waals surface area contributed by atoms with Crippen LogP contribution < -0.4 is 15.2 Å². The smallest absolute Gasteiger partial charge is 0.147 e. The van der Waals surface area contributed by atoms with Crippen LogP contribution in [-0.2, 0) is 9.84 Å². The maximum Gasteiger partial charge on any atom is 0.147 e. The van der Waals surface area contributed by atoms with Crippen molar-refractivity contribution in [1.29, 1.82) is 0 Å². The highest BCUT2D eigenvalue weighted by molar-refractivity contribution is 7.90. The van der Waals surface area contributed by atoms with E-state index in [1.807, 2.05) is 12.1 Å². The van der Waals surface area contributed by atoms with Crippen molar-refractivity contribution in [3.63, 3.8) is 0 Å². The average Bonchev–Trinajstić information content (AvgIpc) is 2.65. The molecule has 0 amide bonds. The first-order valence-corrected chi connectivity index (χ1v) is 7.84. The average molecular weight is 271 g/mol. The molecule has 0 saturated carbocycles. The van der Waals surface area contributed by atoms with Crippen LogP contribution in [0.25, 0.3) is 0 Å². The maximum absolute atomic E-state index is 10.9. The Labute approximate surface area is 107 Å². The zero-order valence-corrected chi connectivity index (χ0v) is 11.1. The van der Waals surface area contributed by atoms with Gasteiger partial charge in [0.2, 0.25) is 0 Å². The van der Waals surface area contributed by atoms with Gasteiger partial charge in [-0.25, -0.2) is 8.42 Å². The SMILES string of the molecule is CS(=O)(=O)CCCOc1ccc2c(c1)OCC2N. The lowest BCUT2D eigenvalue weighted by Gasteiger charge is -2.07. The zero-order chi connectivity index (χ0) is 13.2. The van der Waals surface area contributed by atoms with Crippen LogP contribution in [0.4, 0.5) is 0 Å². The summed E-state index contributed by atoms with van der Waals surface area (Å²) >= 11 is 0. The summed E-state index contributed by atoms with van der Waals surface area (Å²) in [7, 11) is -2.92. The minimum Gasteiger partial charge on any atom is -0.493 e. The van der Waals surface area contributed by atoms with Crippen LogP contribution in [-0.4, -0.2) is 33.6 Å². The first-order valence-electron chi connectivity index (χ1n) is 5.78. The lowest BCUT2D eigenvalue weighted by molar-refractivity contribution is 0.310. The Hall–Kier alpha value is -1.27. The Bertz CT molecular complexity index is 527. The Morgan fingerprint density at radius 1 is 1.50 bits per heavy atom. The van der Waals surface area contributed by atoms with Crippen molar-refractivity contribution in [2.24, 2.45) is 5.73 Å². The summed E-state index contributed by atoms with van der Waals surface area (Å²) in [4.78, 5) is 0. The molecule has 0 saturated heterocycles. The predicted octanol–water partition coefficient (Wildman–Crippen LogP) is 0.892. The van der Waals surface area contributed by atoms with E-state index in [-0.39, 0.29) is 11.8 Å². The van der Waals surface area contributed by atoms with Crippen LogP contribution in [0.1, 0.15) is 18.0 Å². The molecule has 1 aromatic rings. The van der Waals surface area contributed by atoms with Crippen molar-refractivity contribution >= 4 is 9.84 Å². The molecule has 6 heteroatoms. The highest BCUT2D eigenvalue weighted by Crippen LogP contribution is 2.33. The van der Waals surface area contributed by atoms with Crippen LogP contribution >= 0.6 is 0 Å². The molecule has 0 aliphatic carbocycles. The van der Waals surface area contributed by atoms with Gasteiger partial charge in [0.05, 0.1) is 18.4 Å². The molecule has 18 heavy (non-hydrogen) atoms. The Balaban J connectivity index is 1.88. The van der Waals surface area contributed by atoms with Crippen LogP contribution in [0.3, 0.4) is 0 Å². The number of benzene rings is 1. The molecule has 0 fully saturated rings. The number of fused-ring (bicyclic) bond motifs is 1. The number of ether oxygens (including phenoxy) is 2. The normalized spacial score (nSPS) is 18.2. The van der Waals surface area contributed by atoms with Crippen molar-refractivity contribution < 1.29 is 17.9 Å². The third-order valence-electron chi connectivity index (χ3n) is 2.73. The van der Waals surface area contributed by atoms with E-state index in [1.54, 1.807) is 6.07 Å². The first kappa shape index (κ1) is 13.2. The third-order valence-corrected chi connectivity index (χ3v) is 3.76. The van der Waals surface area contributed by atoms with Gasteiger partial charge < -0.3 is 15.2 Å². The van der Waals surface area contributed by atoms with Crippen LogP contribution in [0.5, 0.6) is 11.5 Å². The summed E-state index contributed by atoms with van der Waals surface area (Å²) in [5.41, 5.74) is 6.82. The van der Waals surface area contributed by atoms with Gasteiger partial charge in [0, 0.05) is 17.9 Å². The van der Waals surface area contributed by atoms with Crippen molar-refractivity contribution in [3.05, 3.63) is 23.8 Å². The molecule has 1 aliphatic rings. The number of hydrogen-bond donors (Lipinski definition) is 1. The molecule has 1 aromatic carbocycles. The molecule has 0 radical (unpaired) electrons. The minimum atomic E-state index is -2.92. The predicted molar refractivity (Wildman–Crippen MR) is 68.7 cm³/mol. The van der Waals surface area contributed by atoms with Gasteiger partial charge >= 0.3 is 0 Å². The minimum absolute atomic E-state index is 0.0701. The van der Waals surface area contributed by atoms with E-state index in [1.165, 1.54) is 6.26 Å². The van der Waals surface area contributed by atoms with E-state index in [0.29, 0.717) is 25.4 Å². The van der Waals surface area contributed by atoms with E-state index < -0.39 is 9.84 Å². The number of hydrogen-bond acceptors (Lipinski definition) is 5. The number of nitrogens with two attached hydrogens (primary N) is 1. The summed E-state index contributed by atoms with van der Waals surface area (Å²) < 4.78 is 32.8. The first-order chi connectivity index (χ1) is 8.46. The molecule has 100 valence electrons. The van der Waals surface area contributed by atoms with E-state index in [0.717, 1.165) is 11.3 Å². The lowest BCUT2D eigenvalue weighted by atomic mass is 10.1. The summed E-state index contributed by atoms with van der Waals surface area (Å²) in [6, 6.07) is 5.44. The van der Waals surface area contributed by atoms with Gasteiger partial charge in [-0.05, 0) is 18.6 Å². The summed E-state index contributed by atoms with van der Waals surface area (Å²) in [5, 5.41) is 0. The molecule has 0 aromatic heterocycles. The van der Waals surface area contributed by atoms with Gasteiger partial charge in [-0.1, -0.05) is 0 Å². The quantitative estimate of drug-likeness (QED) is 0.805. The van der Waals surface area contributed by atoms with Crippen LogP contribution in [0.15, 0.2) is 18.2 Å². The van der Waals surface area contributed by atoms with E-state index in [4.69, 9.17) is 15.2 Å². The fourth-order valence-electron chi connectivity index (χ4n) is 1.82. The van der Waals surface area contributed by atoms with Gasteiger partial charge in [0.25, 0.3) is 0 Å². The molecule has 1 aliphatic heterocycles. The Morgan fingerprint density at radius 3 is 3.00 bits per heavy atom. The van der Waals surface area contributed by atoms with Gasteiger partial charge in [-0.15, -0.1) is 0 Å². The monoisotopic (exact) mass is 271 g/mol. The fraction of sp³-hybridized carbons (Fsp3) is 0.500. The van der Waals surface area contributed by atoms with Crippen molar-refractivity contribution in [2.75, 3.05) is 25.2 Å². The maximum atomic E-state index is 10.9. The number of sulfone groups is 1. The summed E-state index contributed by atoms with van der Waals surface area (Å²) in [6.07, 6.45) is 1.70. The molecular weight excluding hydrogens is 254 g/mol. The summed E-state index contributed by atoms with van der Waals surface area (Å²) in [5.74, 6) is 1.57. The molecule has 5 nitrogen and oxygen atoms in total. The molecule has 0 bridgehead atoms. The van der Waals surface area contributed by atoms with Gasteiger partial charge in [0.15, 0.2) is 0 Å². The molecule has 0 spiro atoms. The largest absolute Gasteiger partial charge is 0.493 e. The Kier molecular flexibility index (Phi) is 3.77. The van der Waals surface area contributed by atoms with Crippen LogP contribution in [0, 0.1) is 0 Å². The Morgan fingerprint density at radius 2 is 2.28 bits per heavy atom. The van der Waals surface area contributed by atoms with Crippen molar-refractivity contribution in [3.8, 4) is 11.5 Å². The van der Waals surface area contributed by atoms with Gasteiger partial charge in [0.1, 0.15) is 27.9 Å². The second kappa shape index (κ2) is 5.16. The van der Waals surface area contributed by atoms with Gasteiger partial charge in [-0.3, -0.25) is 0 Å². The van der Waals surface area contributed by atoms with E-state index in [9.17, 15) is 8.42 Å². The van der Waals surface area contributed by atoms with Crippen molar-refractivity contribution in [1.82, 2.24) is 0 Å². The molecule has 1 heterocycles. The molecule has 1 atom stereocenters. The molecule has 2 N–H and O–H groups in total. The standard InChI is InChI=1S/C12H17NO4S/c1-18(14,15)6-2-5-16-9-3-4-10-11(13)8-17-12(10)7-9/h3-4,7,11H,2,5-6,8,13H2,1H3. The summed E-state index contributed by atoms with van der Waals surface area (Å²) in [6.45, 7) is 0.866. The second-order valence-corrected chi connectivity index (χ2v) is 6.71. The zero-order valence-electron chi connectivity index (χ0n) is 10.3. The number of rotatable bonds is 5. The van der Waals surface area contributed by atoms with Gasteiger partial charge in [-0.2, -0.15) is 0 Å². The van der Waals surface area contributed by atoms with E-state index in [2.05, 4.69) is 0 Å². The molecule has 2 rings (SSSR count). The van der Waals surface area contributed by atoms with Crippen LogP contribution in [0.2, 0.25) is 0 Å². The van der Waals surface area contributed by atoms with E-state index >= 15 is 0 Å². The fourth-order valence-corrected chi connectivity index (χ4v) is 2.46. The molecular formula is C12H17NO4S. The van der Waals surface area contributed by atoms with Crippen molar-refractivity contribution in [2.45, 2.75) is 12.5 Å². The third kappa shape index (κ3) is 3.36. The topological polar surface area (TPSA) is 78.6 Å². The lowest BCUT2D eigenvalue weighted by Crippen LogP contribution is -2.10. The molecule has 1 unspecified atom stereocenters. The highest BCUT2D eigenvalue weighted by atomic mass is 32.2. The second-order valence-electron chi connectivity index (χ2n) is 4.45.